The van der Waals surface area contributed by atoms with E-state index >= 15 is 0 Å². The Morgan fingerprint density at radius 2 is 0.688 bits per heavy atom. The highest BCUT2D eigenvalue weighted by Crippen LogP contribution is 2.60. The van der Waals surface area contributed by atoms with Crippen molar-refractivity contribution in [2.75, 3.05) is 92.6 Å². The highest BCUT2D eigenvalue weighted by Gasteiger charge is 2.49. The van der Waals surface area contributed by atoms with Gasteiger partial charge in [0.05, 0.1) is 6.61 Å². The number of phenols is 6. The summed E-state index contributed by atoms with van der Waals surface area (Å²) in [6.07, 6.45) is 5.41. The van der Waals surface area contributed by atoms with E-state index in [4.69, 9.17) is 83.8 Å². The minimum atomic E-state index is -0.0648. The summed E-state index contributed by atoms with van der Waals surface area (Å²) in [5.41, 5.74) is 20.8. The average Bonchev–Trinajstić information content (AvgIpc) is 1.74. The number of rotatable bonds is 6. The van der Waals surface area contributed by atoms with Crippen LogP contribution in [0.5, 0.6) is 51.7 Å². The van der Waals surface area contributed by atoms with Gasteiger partial charge in [0.25, 0.3) is 0 Å². The number of hydrogen-bond acceptors (Lipinski definition) is 16. The molecule has 22 heteroatoms. The number of benzene rings is 12. The number of aromatic hydroxyl groups is 6. The number of aryl methyl sites for hydroxylation is 2. The zero-order valence-corrected chi connectivity index (χ0v) is 89.4. The number of nitrogens with one attached hydrogen (secondary N) is 1. The van der Waals surface area contributed by atoms with Crippen molar-refractivity contribution < 1.29 is 44.8 Å². The van der Waals surface area contributed by atoms with Crippen LogP contribution in [-0.4, -0.2) is 155 Å². The Bertz CT molecular complexity index is 6060. The van der Waals surface area contributed by atoms with E-state index in [1.165, 1.54) is 78.6 Å². The molecule has 7 N–H and O–H groups in total. The number of halogens is 6. The molecule has 1 aliphatic carbocycles. The van der Waals surface area contributed by atoms with Crippen LogP contribution in [0.3, 0.4) is 0 Å². The predicted octanol–water partition coefficient (Wildman–Crippen LogP) is 29.4. The second kappa shape index (κ2) is 37.2. The molecular formula is C116H141Cl6N7O9. The lowest BCUT2D eigenvalue weighted by atomic mass is 9.88. The Labute approximate surface area is 846 Å². The van der Waals surface area contributed by atoms with Crippen LogP contribution in [0.1, 0.15) is 264 Å². The fourth-order valence-electron chi connectivity index (χ4n) is 24.5. The first kappa shape index (κ1) is 100. The Hall–Kier alpha value is -9.26. The van der Waals surface area contributed by atoms with Gasteiger partial charge in [-0.2, -0.15) is 0 Å². The van der Waals surface area contributed by atoms with E-state index in [1.54, 1.807) is 0 Å². The smallest absolute Gasteiger partial charge is 0.231 e. The minimum Gasteiger partial charge on any atom is -0.507 e. The van der Waals surface area contributed by atoms with Gasteiger partial charge in [-0.25, -0.2) is 0 Å². The molecule has 22 rings (SSSR count). The molecule has 12 aromatic carbocycles. The highest BCUT2D eigenvalue weighted by molar-refractivity contribution is 6.23. The second-order valence-corrected chi connectivity index (χ2v) is 49.2. The van der Waals surface area contributed by atoms with Crippen molar-refractivity contribution in [3.05, 3.63) is 189 Å². The van der Waals surface area contributed by atoms with Gasteiger partial charge in [-0.15, -0.1) is 69.6 Å². The van der Waals surface area contributed by atoms with Gasteiger partial charge in [-0.3, -0.25) is 0 Å². The zero-order chi connectivity index (χ0) is 99.6. The van der Waals surface area contributed by atoms with E-state index in [0.29, 0.717) is 65.1 Å². The Kier molecular flexibility index (Phi) is 27.1. The van der Waals surface area contributed by atoms with Crippen LogP contribution in [0.15, 0.2) is 133 Å². The SMILES string of the molecule is C[C@@H](Cl)[C@@H]1CN(C(C)(C)C)c2cc(O)c3ccc4c(c3c21)CCC4.C[C@@H](Cl)[C@@H]1CN(C(C)(C)C)c2cc(O)c3ccc4c(c3c21)CCN4.C[C@@H](Cl)[C@@H]1CN(C(C)(C)C)c2cc(O)c3ccc4c(c3c21)OCC4.C[C@@H](Cl)[C@@H]1CN(C(C)(C)C)c2cc(O)c3ccc4c(c3c21)OCO4.C[C@@H]1[C@@H](CCl)c2c(cc(O)c3ccccc23)N1C(C)(C)C.C[C@H]1[C@@H](CCl)c2c(cc(O)c3ccccc23)N1C(C)(C)C. The molecule has 0 spiro atoms. The summed E-state index contributed by atoms with van der Waals surface area (Å²) in [5, 5.41) is 79.2. The highest BCUT2D eigenvalue weighted by atomic mass is 35.5. The van der Waals surface area contributed by atoms with Crippen molar-refractivity contribution in [3.8, 4) is 51.7 Å². The summed E-state index contributed by atoms with van der Waals surface area (Å²) in [6, 6.07) is 44.5. The molecule has 0 fully saturated rings. The molecular weight excluding hydrogens is 1850 g/mol. The molecule has 0 bridgehead atoms. The Morgan fingerprint density at radius 3 is 1.07 bits per heavy atom. The van der Waals surface area contributed by atoms with E-state index in [-0.39, 0.29) is 96.9 Å². The number of hydrogen-bond donors (Lipinski definition) is 7. The first-order chi connectivity index (χ1) is 64.9. The topological polar surface area (TPSA) is 181 Å². The maximum absolute atomic E-state index is 10.7. The van der Waals surface area contributed by atoms with E-state index in [2.05, 4.69) is 230 Å². The van der Waals surface area contributed by atoms with Crippen LogP contribution in [0, 0.1) is 0 Å². The molecule has 138 heavy (non-hydrogen) atoms. The first-order valence-electron chi connectivity index (χ1n) is 49.6. The van der Waals surface area contributed by atoms with Crippen molar-refractivity contribution in [2.45, 2.75) is 301 Å². The van der Waals surface area contributed by atoms with Crippen molar-refractivity contribution in [1.82, 2.24) is 0 Å². The number of alkyl halides is 6. The van der Waals surface area contributed by atoms with Crippen molar-refractivity contribution in [2.24, 2.45) is 0 Å². The maximum atomic E-state index is 10.7. The third-order valence-corrected chi connectivity index (χ3v) is 32.7. The Balaban J connectivity index is 0.000000115. The lowest BCUT2D eigenvalue weighted by Crippen LogP contribution is -2.46. The zero-order valence-electron chi connectivity index (χ0n) is 84.9. The Morgan fingerprint density at radius 1 is 0.348 bits per heavy atom. The fraction of sp³-hybridized carbons (Fsp3) is 0.483. The van der Waals surface area contributed by atoms with Gasteiger partial charge in [0.2, 0.25) is 6.79 Å². The number of ether oxygens (including phenoxy) is 3. The fourth-order valence-corrected chi connectivity index (χ4v) is 26.1. The van der Waals surface area contributed by atoms with Crippen LogP contribution < -0.4 is 48.9 Å². The molecule has 0 saturated carbocycles. The normalized spacial score (nSPS) is 21.2. The van der Waals surface area contributed by atoms with Crippen LogP contribution in [-0.2, 0) is 25.7 Å². The third-order valence-electron chi connectivity index (χ3n) is 30.8. The van der Waals surface area contributed by atoms with Crippen molar-refractivity contribution in [3.63, 3.8) is 0 Å². The molecule has 0 radical (unpaired) electrons. The first-order valence-corrected chi connectivity index (χ1v) is 52.4. The summed E-state index contributed by atoms with van der Waals surface area (Å²) >= 11 is 39.0. The summed E-state index contributed by atoms with van der Waals surface area (Å²) in [6.45, 7) is 57.8. The number of phenolic OH excluding ortho intramolecular Hbond substituents is 6. The van der Waals surface area contributed by atoms with Crippen molar-refractivity contribution in [1.29, 1.82) is 0 Å². The predicted molar refractivity (Wildman–Crippen MR) is 584 cm³/mol. The number of anilines is 7. The van der Waals surface area contributed by atoms with Gasteiger partial charge in [0, 0.05) is 273 Å². The van der Waals surface area contributed by atoms with Gasteiger partial charge in [0.15, 0.2) is 11.5 Å². The summed E-state index contributed by atoms with van der Waals surface area (Å²) in [7, 11) is 0. The third kappa shape index (κ3) is 17.7. The molecule has 9 heterocycles. The molecule has 12 aromatic rings. The molecule has 0 saturated heterocycles. The van der Waals surface area contributed by atoms with Gasteiger partial charge in [-0.05, 0) is 293 Å². The van der Waals surface area contributed by atoms with E-state index < -0.39 is 0 Å². The molecule has 16 nitrogen and oxygen atoms in total. The van der Waals surface area contributed by atoms with Crippen molar-refractivity contribution >= 4 is 174 Å². The lowest BCUT2D eigenvalue weighted by molar-refractivity contribution is 0.174. The largest absolute Gasteiger partial charge is 0.507 e. The molecule has 0 amide bonds. The number of fused-ring (bicyclic) bond motifs is 26. The quantitative estimate of drug-likeness (QED) is 0.0781. The van der Waals surface area contributed by atoms with Crippen LogP contribution in [0.4, 0.5) is 39.8 Å². The summed E-state index contributed by atoms with van der Waals surface area (Å²) in [5.74, 6) is 7.15. The standard InChI is InChI=1S/C21H26ClNO.C20H25ClN2O.C20H24ClNO2.C19H22ClNO3.2C18H22ClNO/c1-12(22)16-11-23(21(2,3)4)17-10-18(24)15-9-8-13-6-5-7-14(13)19(15)20(16)17;1-11(21)14-10-23(20(2,3)4)16-9-17(24)13-5-6-15-12(7-8-22-15)18(13)19(14)16;1-11(21)14-10-22(20(2,3)4)15-9-16(23)13-6-5-12-7-8-24-19(12)18(13)17(14)15;1-10(20)12-8-21(19(2,3)4)13-7-14(22)11-5-6-15-18(24-9-23-15)17(11)16(12)13;2*1-11-14(10-19)17-13-8-6-5-7-12(13)16(21)9-15(17)20(11)18(2,3)4/h8-10,12,16,24H,5-7,11H2,1-4H3;5-6,9,11,14,22,24H,7-8,10H2,1-4H3;5-6,9,11,14,23H,7-8,10H2,1-4H3;5-7,10,12,22H,8-9H2,1-4H3;2*5-9,11,14,21H,10H2,1-4H3/t12-,16+;2*11-,14+;10-,12+;11-,14+;11-,14-/m111101/s1. The molecule has 0 unspecified atom stereocenters. The molecule has 10 aliphatic rings. The van der Waals surface area contributed by atoms with Gasteiger partial charge in [0.1, 0.15) is 40.2 Å². The van der Waals surface area contributed by atoms with Crippen LogP contribution in [0.2, 0.25) is 0 Å². The van der Waals surface area contributed by atoms with Gasteiger partial charge >= 0.3 is 0 Å². The van der Waals surface area contributed by atoms with Gasteiger partial charge < -0.3 is 79.6 Å². The molecule has 0 aromatic heterocycles. The number of nitrogens with zero attached hydrogens (tertiary/aromatic N) is 6. The van der Waals surface area contributed by atoms with E-state index in [0.717, 1.165) is 164 Å². The van der Waals surface area contributed by atoms with Crippen LogP contribution in [0.25, 0.3) is 64.6 Å². The second-order valence-electron chi connectivity index (χ2n) is 45.9. The molecule has 9 aliphatic heterocycles. The molecule has 736 valence electrons. The maximum Gasteiger partial charge on any atom is 0.231 e. The summed E-state index contributed by atoms with van der Waals surface area (Å²) < 4.78 is 17.3. The minimum absolute atomic E-state index is 0.00729. The summed E-state index contributed by atoms with van der Waals surface area (Å²) in [4.78, 5) is 14.3. The lowest BCUT2D eigenvalue weighted by Gasteiger charge is -2.39. The van der Waals surface area contributed by atoms with E-state index in [9.17, 15) is 30.6 Å². The molecule has 12 atom stereocenters. The average molecular weight is 1990 g/mol. The monoisotopic (exact) mass is 1990 g/mol. The van der Waals surface area contributed by atoms with Gasteiger partial charge in [-0.1, -0.05) is 72.8 Å². The van der Waals surface area contributed by atoms with E-state index in [1.807, 2.05) is 104 Å². The van der Waals surface area contributed by atoms with Crippen LogP contribution >= 0.6 is 69.6 Å².